The van der Waals surface area contributed by atoms with Gasteiger partial charge in [-0.1, -0.05) is 44.2 Å². The Balaban J connectivity index is 1.95. The lowest BCUT2D eigenvalue weighted by Gasteiger charge is -2.22. The van der Waals surface area contributed by atoms with Gasteiger partial charge >= 0.3 is 0 Å². The lowest BCUT2D eigenvalue weighted by Crippen LogP contribution is -2.30. The van der Waals surface area contributed by atoms with Crippen LogP contribution in [0, 0.1) is 6.92 Å². The molecule has 1 aromatic carbocycles. The fourth-order valence-corrected chi connectivity index (χ4v) is 2.89. The summed E-state index contributed by atoms with van der Waals surface area (Å²) < 4.78 is 0. The molecule has 0 fully saturated rings. The van der Waals surface area contributed by atoms with Crippen molar-refractivity contribution < 1.29 is 4.79 Å². The third kappa shape index (κ3) is 6.14. The van der Waals surface area contributed by atoms with Gasteiger partial charge in [-0.2, -0.15) is 0 Å². The molecule has 0 aliphatic carbocycles. The third-order valence-corrected chi connectivity index (χ3v) is 4.12. The van der Waals surface area contributed by atoms with E-state index in [9.17, 15) is 4.79 Å². The molecule has 26 heavy (non-hydrogen) atoms. The normalized spacial score (nSPS) is 10.6. The molecule has 2 rings (SSSR count). The molecule has 5 heteroatoms. The highest BCUT2D eigenvalue weighted by atomic mass is 16.1. The summed E-state index contributed by atoms with van der Waals surface area (Å²) in [6, 6.07) is 12.1. The minimum Gasteiger partial charge on any atom is -0.351 e. The maximum absolute atomic E-state index is 12.5. The summed E-state index contributed by atoms with van der Waals surface area (Å²) in [5, 5.41) is 2.98. The van der Waals surface area contributed by atoms with Gasteiger partial charge in [0, 0.05) is 25.3 Å². The fourth-order valence-electron chi connectivity index (χ4n) is 2.89. The Morgan fingerprint density at radius 2 is 1.77 bits per heavy atom. The average Bonchev–Trinajstić information content (AvgIpc) is 2.65. The summed E-state index contributed by atoms with van der Waals surface area (Å²) in [6.45, 7) is 8.62. The van der Waals surface area contributed by atoms with Crippen LogP contribution >= 0.6 is 0 Å². The first-order chi connectivity index (χ1) is 12.6. The molecule has 140 valence electrons. The fraction of sp³-hybridized carbons (Fsp3) is 0.476. The maximum atomic E-state index is 12.5. The van der Waals surface area contributed by atoms with Crippen LogP contribution in [0.3, 0.4) is 0 Å². The lowest BCUT2D eigenvalue weighted by molar-refractivity contribution is 0.0948. The molecule has 1 N–H and O–H groups in total. The predicted octanol–water partition coefficient (Wildman–Crippen LogP) is 3.77. The number of aromatic nitrogens is 2. The predicted molar refractivity (Wildman–Crippen MR) is 107 cm³/mol. The van der Waals surface area contributed by atoms with Crippen molar-refractivity contribution in [3.63, 3.8) is 0 Å². The van der Waals surface area contributed by atoms with Crippen LogP contribution in [-0.2, 0) is 6.42 Å². The van der Waals surface area contributed by atoms with Crippen LogP contribution in [0.1, 0.15) is 54.9 Å². The molecule has 0 saturated heterocycles. The van der Waals surface area contributed by atoms with Crippen LogP contribution in [0.5, 0.6) is 0 Å². The van der Waals surface area contributed by atoms with E-state index in [0.29, 0.717) is 18.2 Å². The van der Waals surface area contributed by atoms with Crippen molar-refractivity contribution >= 4 is 11.9 Å². The number of aryl methyl sites for hydroxylation is 2. The largest absolute Gasteiger partial charge is 0.351 e. The number of hydrogen-bond donors (Lipinski definition) is 1. The SMILES string of the molecule is CCCN(CCC)c1nc(C)cc(C(=O)NCCCc2ccccc2)n1. The number of rotatable bonds is 10. The van der Waals surface area contributed by atoms with Crippen molar-refractivity contribution in [2.45, 2.75) is 46.5 Å². The Hall–Kier alpha value is -2.43. The van der Waals surface area contributed by atoms with Gasteiger partial charge in [0.25, 0.3) is 5.91 Å². The summed E-state index contributed by atoms with van der Waals surface area (Å²) in [7, 11) is 0. The van der Waals surface area contributed by atoms with E-state index in [4.69, 9.17) is 0 Å². The highest BCUT2D eigenvalue weighted by Gasteiger charge is 2.14. The van der Waals surface area contributed by atoms with E-state index in [1.807, 2.05) is 25.1 Å². The number of hydrogen-bond acceptors (Lipinski definition) is 4. The van der Waals surface area contributed by atoms with Gasteiger partial charge in [0.05, 0.1) is 0 Å². The van der Waals surface area contributed by atoms with Crippen LogP contribution in [0.4, 0.5) is 5.95 Å². The molecule has 0 radical (unpaired) electrons. The zero-order chi connectivity index (χ0) is 18.8. The average molecular weight is 354 g/mol. The van der Waals surface area contributed by atoms with Crippen molar-refractivity contribution in [2.75, 3.05) is 24.5 Å². The standard InChI is InChI=1S/C21H30N4O/c1-4-14-25(15-5-2)21-23-17(3)16-19(24-21)20(26)22-13-9-12-18-10-7-6-8-11-18/h6-8,10-11,16H,4-5,9,12-15H2,1-3H3,(H,22,26). The maximum Gasteiger partial charge on any atom is 0.270 e. The number of carbonyl (C=O) groups is 1. The first kappa shape index (κ1) is 19.9. The van der Waals surface area contributed by atoms with E-state index in [2.05, 4.69) is 46.2 Å². The Kier molecular flexibility index (Phi) is 8.06. The first-order valence-electron chi connectivity index (χ1n) is 9.56. The number of nitrogens with one attached hydrogen (secondary N) is 1. The van der Waals surface area contributed by atoms with Gasteiger partial charge in [0.1, 0.15) is 5.69 Å². The van der Waals surface area contributed by atoms with Gasteiger partial charge in [0.15, 0.2) is 0 Å². The van der Waals surface area contributed by atoms with Crippen molar-refractivity contribution in [3.05, 3.63) is 53.3 Å². The van der Waals surface area contributed by atoms with E-state index < -0.39 is 0 Å². The van der Waals surface area contributed by atoms with Gasteiger partial charge in [0.2, 0.25) is 5.95 Å². The van der Waals surface area contributed by atoms with Crippen molar-refractivity contribution in [3.8, 4) is 0 Å². The molecule has 2 aromatic rings. The zero-order valence-corrected chi connectivity index (χ0v) is 16.2. The minimum absolute atomic E-state index is 0.127. The van der Waals surface area contributed by atoms with E-state index in [1.54, 1.807) is 6.07 Å². The summed E-state index contributed by atoms with van der Waals surface area (Å²) in [6.07, 6.45) is 3.91. The zero-order valence-electron chi connectivity index (χ0n) is 16.2. The number of benzene rings is 1. The van der Waals surface area contributed by atoms with E-state index in [0.717, 1.165) is 44.5 Å². The number of anilines is 1. The smallest absolute Gasteiger partial charge is 0.270 e. The second-order valence-corrected chi connectivity index (χ2v) is 6.53. The molecule has 0 spiro atoms. The molecule has 1 aromatic heterocycles. The summed E-state index contributed by atoms with van der Waals surface area (Å²) >= 11 is 0. The van der Waals surface area contributed by atoms with E-state index >= 15 is 0 Å². The monoisotopic (exact) mass is 354 g/mol. The highest BCUT2D eigenvalue weighted by molar-refractivity contribution is 5.92. The number of carbonyl (C=O) groups excluding carboxylic acids is 1. The van der Waals surface area contributed by atoms with Crippen LogP contribution < -0.4 is 10.2 Å². The van der Waals surface area contributed by atoms with Crippen LogP contribution in [0.25, 0.3) is 0 Å². The summed E-state index contributed by atoms with van der Waals surface area (Å²) in [5.74, 6) is 0.529. The van der Waals surface area contributed by atoms with Crippen molar-refractivity contribution in [2.24, 2.45) is 0 Å². The lowest BCUT2D eigenvalue weighted by atomic mass is 10.1. The molecule has 1 amide bonds. The molecule has 0 aliphatic heterocycles. The number of amides is 1. The number of nitrogens with zero attached hydrogens (tertiary/aromatic N) is 3. The molecule has 0 bridgehead atoms. The summed E-state index contributed by atoms with van der Waals surface area (Å²) in [5.41, 5.74) is 2.56. The molecular weight excluding hydrogens is 324 g/mol. The molecule has 0 atom stereocenters. The molecule has 0 saturated carbocycles. The van der Waals surface area contributed by atoms with Gasteiger partial charge in [-0.15, -0.1) is 0 Å². The van der Waals surface area contributed by atoms with E-state index in [1.165, 1.54) is 5.56 Å². The quantitative estimate of drug-likeness (QED) is 0.660. The van der Waals surface area contributed by atoms with Crippen molar-refractivity contribution in [1.82, 2.24) is 15.3 Å². The Labute approximate surface area is 156 Å². The van der Waals surface area contributed by atoms with Crippen LogP contribution in [0.15, 0.2) is 36.4 Å². The second-order valence-electron chi connectivity index (χ2n) is 6.53. The molecular formula is C21H30N4O. The Morgan fingerprint density at radius 1 is 1.08 bits per heavy atom. The first-order valence-corrected chi connectivity index (χ1v) is 9.56. The summed E-state index contributed by atoms with van der Waals surface area (Å²) in [4.78, 5) is 23.7. The topological polar surface area (TPSA) is 58.1 Å². The molecule has 0 unspecified atom stereocenters. The highest BCUT2D eigenvalue weighted by Crippen LogP contribution is 2.12. The molecule has 1 heterocycles. The third-order valence-electron chi connectivity index (χ3n) is 4.12. The van der Waals surface area contributed by atoms with Gasteiger partial charge < -0.3 is 10.2 Å². The Morgan fingerprint density at radius 3 is 2.42 bits per heavy atom. The van der Waals surface area contributed by atoms with E-state index in [-0.39, 0.29) is 5.91 Å². The molecule has 0 aliphatic rings. The van der Waals surface area contributed by atoms with Crippen LogP contribution in [-0.4, -0.2) is 35.5 Å². The van der Waals surface area contributed by atoms with Gasteiger partial charge in [-0.05, 0) is 44.2 Å². The van der Waals surface area contributed by atoms with Crippen LogP contribution in [0.2, 0.25) is 0 Å². The molecule has 5 nitrogen and oxygen atoms in total. The minimum atomic E-state index is -0.127. The van der Waals surface area contributed by atoms with Crippen molar-refractivity contribution in [1.29, 1.82) is 0 Å². The van der Waals surface area contributed by atoms with Gasteiger partial charge in [-0.3, -0.25) is 4.79 Å². The second kappa shape index (κ2) is 10.5. The Bertz CT molecular complexity index is 682. The van der Waals surface area contributed by atoms with Gasteiger partial charge in [-0.25, -0.2) is 9.97 Å².